The van der Waals surface area contributed by atoms with Crippen LogP contribution in [-0.2, 0) is 27.3 Å². The Balaban J connectivity index is 1.64. The van der Waals surface area contributed by atoms with Gasteiger partial charge in [0.1, 0.15) is 18.1 Å². The molecule has 2 aromatic carbocycles. The number of rotatable bonds is 12. The van der Waals surface area contributed by atoms with Crippen LogP contribution in [0.3, 0.4) is 0 Å². The predicted octanol–water partition coefficient (Wildman–Crippen LogP) is 4.44. The van der Waals surface area contributed by atoms with Crippen LogP contribution < -0.4 is 5.32 Å². The Hall–Kier alpha value is -3.26. The number of carbonyl (C=O) groups excluding carboxylic acids is 2. The Morgan fingerprint density at radius 2 is 1.84 bits per heavy atom. The number of nitrogens with zero attached hydrogens (tertiary/aromatic N) is 4. The van der Waals surface area contributed by atoms with Crippen molar-refractivity contribution in [3.8, 4) is 0 Å². The molecule has 4 rings (SSSR count). The molecule has 198 valence electrons. The fraction of sp³-hybridized carbons (Fsp3) is 0.517. The zero-order valence-corrected chi connectivity index (χ0v) is 22.1. The molecule has 8 heteroatoms. The highest BCUT2D eigenvalue weighted by Gasteiger charge is 2.33. The summed E-state index contributed by atoms with van der Waals surface area (Å²) in [4.78, 5) is 29.4. The fourth-order valence-electron chi connectivity index (χ4n) is 5.07. The van der Waals surface area contributed by atoms with Crippen molar-refractivity contribution in [3.05, 3.63) is 59.7 Å². The molecule has 3 aromatic rings. The summed E-state index contributed by atoms with van der Waals surface area (Å²) in [5, 5.41) is 11.7. The molecular weight excluding hydrogens is 466 g/mol. The first-order valence-electron chi connectivity index (χ1n) is 13.6. The second kappa shape index (κ2) is 13.3. The zero-order chi connectivity index (χ0) is 26.0. The molecule has 1 atom stereocenters. The van der Waals surface area contributed by atoms with Crippen molar-refractivity contribution in [1.29, 1.82) is 0 Å². The Morgan fingerprint density at radius 3 is 2.57 bits per heavy atom. The molecule has 1 N–H and O–H groups in total. The quantitative estimate of drug-likeness (QED) is 0.368. The van der Waals surface area contributed by atoms with E-state index in [1.807, 2.05) is 55.5 Å². The summed E-state index contributed by atoms with van der Waals surface area (Å²) in [6.07, 6.45) is 6.97. The van der Waals surface area contributed by atoms with Crippen molar-refractivity contribution < 1.29 is 14.3 Å². The summed E-state index contributed by atoms with van der Waals surface area (Å²) in [6.45, 7) is 5.61. The van der Waals surface area contributed by atoms with Crippen LogP contribution in [0.15, 0.2) is 48.5 Å². The summed E-state index contributed by atoms with van der Waals surface area (Å²) in [6, 6.07) is 15.1. The van der Waals surface area contributed by atoms with Gasteiger partial charge in [-0.05, 0) is 55.9 Å². The average molecular weight is 506 g/mol. The van der Waals surface area contributed by atoms with Gasteiger partial charge >= 0.3 is 0 Å². The van der Waals surface area contributed by atoms with Gasteiger partial charge < -0.3 is 15.0 Å². The van der Waals surface area contributed by atoms with E-state index in [0.29, 0.717) is 26.2 Å². The number of nitrogens with one attached hydrogen (secondary N) is 1. The lowest BCUT2D eigenvalue weighted by Crippen LogP contribution is -2.48. The maximum Gasteiger partial charge on any atom is 0.247 e. The van der Waals surface area contributed by atoms with E-state index in [4.69, 9.17) is 4.74 Å². The third-order valence-electron chi connectivity index (χ3n) is 7.13. The van der Waals surface area contributed by atoms with E-state index >= 15 is 0 Å². The highest BCUT2D eigenvalue weighted by molar-refractivity contribution is 5.89. The van der Waals surface area contributed by atoms with Gasteiger partial charge in [-0.1, -0.05) is 67.8 Å². The third kappa shape index (κ3) is 6.95. The maximum absolute atomic E-state index is 13.9. The van der Waals surface area contributed by atoms with Gasteiger partial charge in [0, 0.05) is 25.8 Å². The fourth-order valence-corrected chi connectivity index (χ4v) is 5.07. The zero-order valence-electron chi connectivity index (χ0n) is 22.1. The minimum absolute atomic E-state index is 0.00933. The van der Waals surface area contributed by atoms with Gasteiger partial charge in [0.25, 0.3) is 0 Å². The largest absolute Gasteiger partial charge is 0.382 e. The number of carbonyl (C=O) groups is 2. The Kier molecular flexibility index (Phi) is 9.65. The number of aromatic nitrogens is 3. The van der Waals surface area contributed by atoms with Gasteiger partial charge in [-0.15, -0.1) is 5.10 Å². The van der Waals surface area contributed by atoms with Gasteiger partial charge in [0.15, 0.2) is 0 Å². The number of hydrogen-bond donors (Lipinski definition) is 1. The highest BCUT2D eigenvalue weighted by atomic mass is 16.5. The van der Waals surface area contributed by atoms with Crippen LogP contribution in [-0.4, -0.2) is 57.5 Å². The molecule has 1 fully saturated rings. The van der Waals surface area contributed by atoms with Crippen LogP contribution in [0.5, 0.6) is 0 Å². The van der Waals surface area contributed by atoms with Crippen LogP contribution in [0.1, 0.15) is 69.5 Å². The number of benzene rings is 2. The van der Waals surface area contributed by atoms with E-state index < -0.39 is 6.04 Å². The smallest absolute Gasteiger partial charge is 0.247 e. The summed E-state index contributed by atoms with van der Waals surface area (Å²) in [5.41, 5.74) is 3.54. The molecule has 0 aliphatic heterocycles. The molecule has 0 bridgehead atoms. The summed E-state index contributed by atoms with van der Waals surface area (Å²) in [5.74, 6) is -0.292. The molecule has 1 aliphatic rings. The van der Waals surface area contributed by atoms with Crippen molar-refractivity contribution in [2.75, 3.05) is 19.8 Å². The Morgan fingerprint density at radius 1 is 1.08 bits per heavy atom. The molecule has 1 heterocycles. The minimum Gasteiger partial charge on any atom is -0.382 e. The second-order valence-corrected chi connectivity index (χ2v) is 9.71. The summed E-state index contributed by atoms with van der Waals surface area (Å²) >= 11 is 0. The molecule has 1 saturated carbocycles. The normalized spacial score (nSPS) is 15.0. The van der Waals surface area contributed by atoms with E-state index in [2.05, 4.69) is 22.6 Å². The van der Waals surface area contributed by atoms with Crippen LogP contribution in [0, 0.1) is 0 Å². The molecular formula is C29H39N5O3. The summed E-state index contributed by atoms with van der Waals surface area (Å²) < 4.78 is 7.17. The highest BCUT2D eigenvalue weighted by Crippen LogP contribution is 2.26. The standard InChI is InChI=1S/C29H39N5O3/c1-3-22-15-17-23(18-16-22)28(29(36)30-24-11-6-5-7-12-24)33(19-10-20-37-4-2)27(35)21-34-26-14-9-8-13-25(26)31-32-34/h8-9,13-18,24,28H,3-7,10-12,19-21H2,1-2H3,(H,30,36). The topological polar surface area (TPSA) is 89.3 Å². The molecule has 1 unspecified atom stereocenters. The van der Waals surface area contributed by atoms with E-state index in [0.717, 1.165) is 48.7 Å². The van der Waals surface area contributed by atoms with Crippen LogP contribution >= 0.6 is 0 Å². The van der Waals surface area contributed by atoms with Crippen molar-refractivity contribution >= 4 is 22.8 Å². The van der Waals surface area contributed by atoms with Crippen molar-refractivity contribution in [2.45, 2.75) is 77.4 Å². The van der Waals surface area contributed by atoms with Crippen molar-refractivity contribution in [3.63, 3.8) is 0 Å². The van der Waals surface area contributed by atoms with E-state index in [1.54, 1.807) is 9.58 Å². The average Bonchev–Trinajstić information content (AvgIpc) is 3.33. The van der Waals surface area contributed by atoms with E-state index in [9.17, 15) is 9.59 Å². The lowest BCUT2D eigenvalue weighted by molar-refractivity contribution is -0.142. The van der Waals surface area contributed by atoms with Crippen LogP contribution in [0.4, 0.5) is 0 Å². The molecule has 0 radical (unpaired) electrons. The van der Waals surface area contributed by atoms with Crippen LogP contribution in [0.2, 0.25) is 0 Å². The van der Waals surface area contributed by atoms with Gasteiger partial charge in [0.05, 0.1) is 5.52 Å². The van der Waals surface area contributed by atoms with Gasteiger partial charge in [0.2, 0.25) is 11.8 Å². The number of para-hydroxylation sites is 1. The number of aryl methyl sites for hydroxylation is 1. The van der Waals surface area contributed by atoms with Crippen molar-refractivity contribution in [1.82, 2.24) is 25.2 Å². The molecule has 0 spiro atoms. The third-order valence-corrected chi connectivity index (χ3v) is 7.13. The van der Waals surface area contributed by atoms with E-state index in [-0.39, 0.29) is 24.4 Å². The molecule has 0 saturated heterocycles. The lowest BCUT2D eigenvalue weighted by atomic mass is 9.94. The minimum atomic E-state index is -0.725. The molecule has 37 heavy (non-hydrogen) atoms. The first-order valence-corrected chi connectivity index (χ1v) is 13.6. The summed E-state index contributed by atoms with van der Waals surface area (Å²) in [7, 11) is 0. The first-order chi connectivity index (χ1) is 18.1. The van der Waals surface area contributed by atoms with Crippen molar-refractivity contribution in [2.24, 2.45) is 0 Å². The maximum atomic E-state index is 13.9. The molecule has 1 aliphatic carbocycles. The number of hydrogen-bond acceptors (Lipinski definition) is 5. The number of amides is 2. The van der Waals surface area contributed by atoms with Gasteiger partial charge in [-0.3, -0.25) is 9.59 Å². The van der Waals surface area contributed by atoms with Gasteiger partial charge in [-0.2, -0.15) is 0 Å². The molecule has 1 aromatic heterocycles. The first kappa shape index (κ1) is 26.8. The molecule has 8 nitrogen and oxygen atoms in total. The lowest BCUT2D eigenvalue weighted by Gasteiger charge is -2.33. The second-order valence-electron chi connectivity index (χ2n) is 9.71. The predicted molar refractivity (Wildman–Crippen MR) is 144 cm³/mol. The Bertz CT molecular complexity index is 1150. The monoisotopic (exact) mass is 505 g/mol. The number of ether oxygens (including phenoxy) is 1. The number of fused-ring (bicyclic) bond motifs is 1. The van der Waals surface area contributed by atoms with Crippen LogP contribution in [0.25, 0.3) is 11.0 Å². The van der Waals surface area contributed by atoms with E-state index in [1.165, 1.54) is 12.0 Å². The Labute approximate surface area is 219 Å². The molecule has 2 amide bonds. The van der Waals surface area contributed by atoms with Gasteiger partial charge in [-0.25, -0.2) is 4.68 Å². The SMILES string of the molecule is CCOCCCN(C(=O)Cn1nnc2ccccc21)C(C(=O)NC1CCCCC1)c1ccc(CC)cc1.